The predicted octanol–water partition coefficient (Wildman–Crippen LogP) is 3.50. The normalized spacial score (nSPS) is 11.3. The molecule has 8 heteroatoms. The van der Waals surface area contributed by atoms with Crippen LogP contribution in [0.4, 0.5) is 0 Å². The molecule has 0 amide bonds. The van der Waals surface area contributed by atoms with Crippen molar-refractivity contribution in [3.05, 3.63) is 45.1 Å². The van der Waals surface area contributed by atoms with E-state index < -0.39 is 0 Å². The van der Waals surface area contributed by atoms with E-state index in [4.69, 9.17) is 20.4 Å². The monoisotopic (exact) mass is 415 g/mol. The van der Waals surface area contributed by atoms with Gasteiger partial charge in [0.2, 0.25) is 0 Å². The molecule has 0 aliphatic rings. The first-order valence-electron chi connectivity index (χ1n) is 5.70. The third kappa shape index (κ3) is 3.64. The Morgan fingerprint density at radius 1 is 1.24 bits per heavy atom. The third-order valence-electron chi connectivity index (χ3n) is 2.54. The standard InChI is InChI=1S/C13H11Br2N3O3/c1-20-11-5-9(15)12(6-8(11)14)21-7-2-3-17-10(4-7)13(16)18-19/h2-6,19H,1H3,(H2,16,18). The van der Waals surface area contributed by atoms with Gasteiger partial charge in [-0.1, -0.05) is 5.16 Å². The average molecular weight is 417 g/mol. The summed E-state index contributed by atoms with van der Waals surface area (Å²) in [5.74, 6) is 1.68. The van der Waals surface area contributed by atoms with Crippen LogP contribution in [0.1, 0.15) is 5.69 Å². The molecule has 3 N–H and O–H groups in total. The Bertz CT molecular complexity index is 692. The Balaban J connectivity index is 2.32. The summed E-state index contributed by atoms with van der Waals surface area (Å²) in [6, 6.07) is 6.79. The van der Waals surface area contributed by atoms with Crippen molar-refractivity contribution in [1.82, 2.24) is 4.98 Å². The summed E-state index contributed by atoms with van der Waals surface area (Å²) in [5, 5.41) is 11.6. The number of pyridine rings is 1. The van der Waals surface area contributed by atoms with Gasteiger partial charge in [-0.25, -0.2) is 0 Å². The van der Waals surface area contributed by atoms with Gasteiger partial charge < -0.3 is 20.4 Å². The summed E-state index contributed by atoms with van der Waals surface area (Å²) >= 11 is 6.80. The highest BCUT2D eigenvalue weighted by atomic mass is 79.9. The topological polar surface area (TPSA) is 90.0 Å². The number of hydrogen-bond acceptors (Lipinski definition) is 5. The van der Waals surface area contributed by atoms with E-state index in [-0.39, 0.29) is 5.84 Å². The van der Waals surface area contributed by atoms with Crippen molar-refractivity contribution in [3.63, 3.8) is 0 Å². The number of benzene rings is 1. The van der Waals surface area contributed by atoms with Gasteiger partial charge in [0.05, 0.1) is 16.1 Å². The van der Waals surface area contributed by atoms with Gasteiger partial charge in [0.15, 0.2) is 5.84 Å². The number of ether oxygens (including phenoxy) is 2. The van der Waals surface area contributed by atoms with Gasteiger partial charge in [-0.05, 0) is 50.1 Å². The number of halogens is 2. The molecule has 1 aromatic carbocycles. The van der Waals surface area contributed by atoms with Crippen LogP contribution in [0, 0.1) is 0 Å². The van der Waals surface area contributed by atoms with Crippen molar-refractivity contribution in [2.75, 3.05) is 7.11 Å². The van der Waals surface area contributed by atoms with Gasteiger partial charge in [0.25, 0.3) is 0 Å². The minimum atomic E-state index is -0.0876. The van der Waals surface area contributed by atoms with Gasteiger partial charge in [-0.15, -0.1) is 0 Å². The SMILES string of the molecule is COc1cc(Br)c(Oc2ccnc(C(N)=NO)c2)cc1Br. The third-order valence-corrected chi connectivity index (χ3v) is 3.78. The molecule has 2 rings (SSSR count). The number of oxime groups is 1. The van der Waals surface area contributed by atoms with Crippen LogP contribution in [0.3, 0.4) is 0 Å². The molecule has 0 unspecified atom stereocenters. The predicted molar refractivity (Wildman–Crippen MR) is 85.2 cm³/mol. The van der Waals surface area contributed by atoms with E-state index in [0.29, 0.717) is 22.9 Å². The van der Waals surface area contributed by atoms with Crippen LogP contribution in [-0.2, 0) is 0 Å². The first-order chi connectivity index (χ1) is 10.0. The molecule has 2 aromatic rings. The lowest BCUT2D eigenvalue weighted by Crippen LogP contribution is -2.14. The molecule has 0 fully saturated rings. The molecule has 0 spiro atoms. The molecule has 0 saturated heterocycles. The zero-order valence-electron chi connectivity index (χ0n) is 10.9. The maximum absolute atomic E-state index is 8.66. The smallest absolute Gasteiger partial charge is 0.188 e. The van der Waals surface area contributed by atoms with E-state index in [1.165, 1.54) is 6.20 Å². The quantitative estimate of drug-likeness (QED) is 0.344. The van der Waals surface area contributed by atoms with Crippen molar-refractivity contribution >= 4 is 37.7 Å². The summed E-state index contributed by atoms with van der Waals surface area (Å²) in [6.45, 7) is 0. The number of aromatic nitrogens is 1. The van der Waals surface area contributed by atoms with E-state index in [2.05, 4.69) is 42.0 Å². The van der Waals surface area contributed by atoms with Gasteiger partial charge in [0.1, 0.15) is 22.9 Å². The van der Waals surface area contributed by atoms with E-state index in [1.807, 2.05) is 0 Å². The fourth-order valence-electron chi connectivity index (χ4n) is 1.54. The lowest BCUT2D eigenvalue weighted by Gasteiger charge is -2.11. The van der Waals surface area contributed by atoms with Crippen LogP contribution < -0.4 is 15.2 Å². The number of nitrogens with zero attached hydrogens (tertiary/aromatic N) is 2. The Hall–Kier alpha value is -1.80. The second kappa shape index (κ2) is 6.77. The molecule has 0 aliphatic heterocycles. The minimum Gasteiger partial charge on any atom is -0.496 e. The van der Waals surface area contributed by atoms with Crippen molar-refractivity contribution in [1.29, 1.82) is 0 Å². The maximum atomic E-state index is 8.66. The molecule has 21 heavy (non-hydrogen) atoms. The number of hydrogen-bond donors (Lipinski definition) is 2. The van der Waals surface area contributed by atoms with Crippen LogP contribution in [-0.4, -0.2) is 23.1 Å². The van der Waals surface area contributed by atoms with Gasteiger partial charge in [-0.2, -0.15) is 0 Å². The fourth-order valence-corrected chi connectivity index (χ4v) is 2.43. The molecule has 6 nitrogen and oxygen atoms in total. The van der Waals surface area contributed by atoms with Gasteiger partial charge >= 0.3 is 0 Å². The van der Waals surface area contributed by atoms with Crippen molar-refractivity contribution in [2.45, 2.75) is 0 Å². The number of rotatable bonds is 4. The summed E-state index contributed by atoms with van der Waals surface area (Å²) in [4.78, 5) is 3.98. The van der Waals surface area contributed by atoms with Crippen LogP contribution in [0.25, 0.3) is 0 Å². The Morgan fingerprint density at radius 2 is 1.90 bits per heavy atom. The highest BCUT2D eigenvalue weighted by molar-refractivity contribution is 9.11. The molecule has 0 saturated carbocycles. The molecule has 0 atom stereocenters. The summed E-state index contributed by atoms with van der Waals surface area (Å²) in [7, 11) is 1.58. The fraction of sp³-hybridized carbons (Fsp3) is 0.0769. The molecule has 0 aliphatic carbocycles. The van der Waals surface area contributed by atoms with Crippen LogP contribution >= 0.6 is 31.9 Å². The van der Waals surface area contributed by atoms with Crippen molar-refractivity contribution < 1.29 is 14.7 Å². The first kappa shape index (κ1) is 15.6. The number of methoxy groups -OCH3 is 1. The van der Waals surface area contributed by atoms with Crippen molar-refractivity contribution in [2.24, 2.45) is 10.9 Å². The van der Waals surface area contributed by atoms with Crippen LogP contribution in [0.2, 0.25) is 0 Å². The second-order valence-electron chi connectivity index (χ2n) is 3.88. The number of amidine groups is 1. The van der Waals surface area contributed by atoms with Crippen LogP contribution in [0.5, 0.6) is 17.2 Å². The zero-order chi connectivity index (χ0) is 15.4. The maximum Gasteiger partial charge on any atom is 0.188 e. The Morgan fingerprint density at radius 3 is 2.57 bits per heavy atom. The average Bonchev–Trinajstić information content (AvgIpc) is 2.50. The van der Waals surface area contributed by atoms with Gasteiger partial charge in [-0.3, -0.25) is 4.98 Å². The summed E-state index contributed by atoms with van der Waals surface area (Å²) in [5.41, 5.74) is 5.82. The molecule has 1 heterocycles. The molecular formula is C13H11Br2N3O3. The Kier molecular flexibility index (Phi) is 5.03. The van der Waals surface area contributed by atoms with E-state index in [9.17, 15) is 0 Å². The molecule has 1 aromatic heterocycles. The zero-order valence-corrected chi connectivity index (χ0v) is 14.1. The van der Waals surface area contributed by atoms with Crippen molar-refractivity contribution in [3.8, 4) is 17.2 Å². The summed E-state index contributed by atoms with van der Waals surface area (Å²) < 4.78 is 12.4. The molecule has 0 bridgehead atoms. The Labute approximate surface area is 137 Å². The van der Waals surface area contributed by atoms with Crippen LogP contribution in [0.15, 0.2) is 44.6 Å². The minimum absolute atomic E-state index is 0.0876. The van der Waals surface area contributed by atoms with E-state index in [0.717, 1.165) is 8.95 Å². The highest BCUT2D eigenvalue weighted by Gasteiger charge is 2.10. The second-order valence-corrected chi connectivity index (χ2v) is 5.59. The molecule has 110 valence electrons. The lowest BCUT2D eigenvalue weighted by molar-refractivity contribution is 0.318. The van der Waals surface area contributed by atoms with E-state index >= 15 is 0 Å². The van der Waals surface area contributed by atoms with E-state index in [1.54, 1.807) is 31.4 Å². The lowest BCUT2D eigenvalue weighted by atomic mass is 10.3. The summed E-state index contributed by atoms with van der Waals surface area (Å²) in [6.07, 6.45) is 1.51. The number of nitrogens with two attached hydrogens (primary N) is 1. The molecular weight excluding hydrogens is 406 g/mol. The highest BCUT2D eigenvalue weighted by Crippen LogP contribution is 2.38. The first-order valence-corrected chi connectivity index (χ1v) is 7.28. The molecule has 0 radical (unpaired) electrons. The largest absolute Gasteiger partial charge is 0.496 e. The van der Waals surface area contributed by atoms with Gasteiger partial charge in [0, 0.05) is 12.3 Å².